The first-order chi connectivity index (χ1) is 17.3. The molecule has 0 aromatic heterocycles. The number of nitrogens with zero attached hydrogens (tertiary/aromatic N) is 1. The lowest BCUT2D eigenvalue weighted by molar-refractivity contribution is 0.306. The zero-order valence-corrected chi connectivity index (χ0v) is 19.7. The van der Waals surface area contributed by atoms with Gasteiger partial charge in [-0.2, -0.15) is 0 Å². The first kappa shape index (κ1) is 20.5. The lowest BCUT2D eigenvalue weighted by Gasteiger charge is -2.43. The first-order valence-corrected chi connectivity index (χ1v) is 12.7. The fourth-order valence-corrected chi connectivity index (χ4v) is 6.27. The number of nitrogens with one attached hydrogen (secondary N) is 1. The quantitative estimate of drug-likeness (QED) is 0.394. The Morgan fingerprint density at radius 3 is 2.34 bits per heavy atom. The maximum atomic E-state index is 6.46. The molecule has 1 spiro atoms. The fourth-order valence-electron chi connectivity index (χ4n) is 6.27. The fraction of sp³-hybridized carbons (Fsp3) is 0.219. The molecule has 1 fully saturated rings. The van der Waals surface area contributed by atoms with Crippen molar-refractivity contribution in [3.8, 4) is 11.5 Å². The van der Waals surface area contributed by atoms with Gasteiger partial charge in [0.25, 0.3) is 0 Å². The van der Waals surface area contributed by atoms with Crippen LogP contribution in [-0.4, -0.2) is 0 Å². The van der Waals surface area contributed by atoms with E-state index < -0.39 is 0 Å². The molecular weight excluding hydrogens is 428 g/mol. The predicted octanol–water partition coefficient (Wildman–Crippen LogP) is 6.12. The van der Waals surface area contributed by atoms with E-state index in [9.17, 15) is 0 Å². The van der Waals surface area contributed by atoms with E-state index in [0.29, 0.717) is 0 Å². The summed E-state index contributed by atoms with van der Waals surface area (Å²) in [7, 11) is 0. The van der Waals surface area contributed by atoms with Crippen molar-refractivity contribution in [1.29, 1.82) is 0 Å². The normalized spacial score (nSPS) is 19.4. The molecule has 1 unspecified atom stereocenters. The molecule has 0 saturated heterocycles. The highest BCUT2D eigenvalue weighted by molar-refractivity contribution is 5.69. The van der Waals surface area contributed by atoms with Gasteiger partial charge in [0.05, 0.1) is 11.1 Å². The van der Waals surface area contributed by atoms with Crippen molar-refractivity contribution >= 4 is 5.70 Å². The molecule has 3 nitrogen and oxygen atoms in total. The second kappa shape index (κ2) is 8.13. The second-order valence-corrected chi connectivity index (χ2v) is 9.93. The van der Waals surface area contributed by atoms with Crippen LogP contribution < -0.4 is 20.6 Å². The molecule has 0 radical (unpaired) electrons. The van der Waals surface area contributed by atoms with Crippen LogP contribution in [0.4, 0.5) is 0 Å². The second-order valence-electron chi connectivity index (χ2n) is 9.93. The molecule has 0 bridgehead atoms. The minimum absolute atomic E-state index is 0.0242. The molecule has 4 aromatic rings. The highest BCUT2D eigenvalue weighted by atomic mass is 16.5. The van der Waals surface area contributed by atoms with Gasteiger partial charge < -0.3 is 10.1 Å². The Hall–Kier alpha value is -3.85. The third-order valence-electron chi connectivity index (χ3n) is 7.95. The molecule has 1 aliphatic carbocycles. The predicted molar refractivity (Wildman–Crippen MR) is 139 cm³/mol. The number of para-hydroxylation sites is 2. The average molecular weight is 457 g/mol. The Balaban J connectivity index is 1.41. The zero-order valence-electron chi connectivity index (χ0n) is 19.7. The molecule has 1 atom stereocenters. The van der Waals surface area contributed by atoms with E-state index in [2.05, 4.69) is 102 Å². The van der Waals surface area contributed by atoms with Crippen LogP contribution in [0.3, 0.4) is 0 Å². The molecular formula is C32H28N2O. The molecule has 7 rings (SSSR count). The Kier molecular flexibility index (Phi) is 4.76. The van der Waals surface area contributed by atoms with Gasteiger partial charge in [0.2, 0.25) is 0 Å². The van der Waals surface area contributed by atoms with Crippen LogP contribution in [-0.2, 0) is 5.41 Å². The molecule has 4 aromatic carbocycles. The Morgan fingerprint density at radius 1 is 0.714 bits per heavy atom. The van der Waals surface area contributed by atoms with Crippen molar-refractivity contribution in [3.63, 3.8) is 0 Å². The Labute approximate surface area is 205 Å². The molecule has 172 valence electrons. The maximum Gasteiger partial charge on any atom is 0.145 e. The van der Waals surface area contributed by atoms with E-state index in [4.69, 9.17) is 9.73 Å². The third-order valence-corrected chi connectivity index (χ3v) is 7.95. The molecule has 1 saturated carbocycles. The smallest absolute Gasteiger partial charge is 0.145 e. The summed E-state index contributed by atoms with van der Waals surface area (Å²) in [6, 6.07) is 34.4. The van der Waals surface area contributed by atoms with Gasteiger partial charge in [0.15, 0.2) is 0 Å². The van der Waals surface area contributed by atoms with Crippen LogP contribution in [0.2, 0.25) is 0 Å². The molecule has 3 heteroatoms. The summed E-state index contributed by atoms with van der Waals surface area (Å²) >= 11 is 0. The van der Waals surface area contributed by atoms with Crippen LogP contribution in [0.15, 0.2) is 102 Å². The Bertz CT molecular complexity index is 1530. The number of hydrogen-bond acceptors (Lipinski definition) is 3. The summed E-state index contributed by atoms with van der Waals surface area (Å²) in [5.74, 6) is 2.02. The van der Waals surface area contributed by atoms with Gasteiger partial charge in [-0.1, -0.05) is 86.0 Å². The van der Waals surface area contributed by atoms with Gasteiger partial charge in [-0.25, -0.2) is 0 Å². The zero-order chi connectivity index (χ0) is 23.2. The summed E-state index contributed by atoms with van der Waals surface area (Å²) < 4.78 is 6.46. The van der Waals surface area contributed by atoms with Crippen LogP contribution in [0.1, 0.15) is 60.5 Å². The van der Waals surface area contributed by atoms with Crippen molar-refractivity contribution in [1.82, 2.24) is 5.32 Å². The van der Waals surface area contributed by atoms with Crippen LogP contribution in [0, 0.1) is 0 Å². The highest BCUT2D eigenvalue weighted by Gasteiger charge is 2.43. The topological polar surface area (TPSA) is 33.6 Å². The van der Waals surface area contributed by atoms with E-state index in [1.165, 1.54) is 54.4 Å². The van der Waals surface area contributed by atoms with E-state index >= 15 is 0 Å². The van der Waals surface area contributed by atoms with Gasteiger partial charge in [-0.05, 0) is 54.3 Å². The summed E-state index contributed by atoms with van der Waals surface area (Å²) in [5, 5.41) is 5.95. The van der Waals surface area contributed by atoms with Crippen LogP contribution in [0.5, 0.6) is 11.5 Å². The molecule has 35 heavy (non-hydrogen) atoms. The average Bonchev–Trinajstić information content (AvgIpc) is 2.94. The van der Waals surface area contributed by atoms with Gasteiger partial charge in [-0.15, -0.1) is 0 Å². The monoisotopic (exact) mass is 456 g/mol. The van der Waals surface area contributed by atoms with Crippen molar-refractivity contribution in [2.75, 3.05) is 0 Å². The summed E-state index contributed by atoms with van der Waals surface area (Å²) in [6.45, 7) is 0. The number of rotatable bonds is 2. The largest absolute Gasteiger partial charge is 0.457 e. The molecule has 2 heterocycles. The maximum absolute atomic E-state index is 6.46. The third kappa shape index (κ3) is 3.30. The van der Waals surface area contributed by atoms with Crippen molar-refractivity contribution in [3.05, 3.63) is 130 Å². The number of benzene rings is 4. The van der Waals surface area contributed by atoms with Crippen LogP contribution in [0.25, 0.3) is 5.70 Å². The molecule has 1 N–H and O–H groups in total. The standard InChI is InChI=1S/C32H28N2O/c1-3-11-22(12-4-1)31-33-27-15-7-5-13-24(27)30(34-31)23-17-18-29-26(21-23)32(19-9-2-10-20-32)25-14-6-8-16-28(25)35-29/h1,3-8,11-18,21,31,34H,2,9-10,19-20H2. The molecule has 0 amide bonds. The number of fused-ring (bicyclic) bond motifs is 5. The van der Waals surface area contributed by atoms with Crippen molar-refractivity contribution in [2.24, 2.45) is 4.99 Å². The minimum Gasteiger partial charge on any atom is -0.457 e. The van der Waals surface area contributed by atoms with Gasteiger partial charge in [0, 0.05) is 21.8 Å². The summed E-state index contributed by atoms with van der Waals surface area (Å²) in [4.78, 5) is 5.04. The number of hydrogen-bond donors (Lipinski definition) is 1. The molecule has 3 aliphatic rings. The van der Waals surface area contributed by atoms with Gasteiger partial charge in [-0.3, -0.25) is 4.99 Å². The summed E-state index contributed by atoms with van der Waals surface area (Å²) in [6.07, 6.45) is 6.05. The van der Waals surface area contributed by atoms with Gasteiger partial charge in [0.1, 0.15) is 17.7 Å². The van der Waals surface area contributed by atoms with E-state index in [1.807, 2.05) is 0 Å². The van der Waals surface area contributed by atoms with E-state index in [-0.39, 0.29) is 11.6 Å². The molecule has 2 aliphatic heterocycles. The lowest BCUT2D eigenvalue weighted by Crippen LogP contribution is -2.40. The van der Waals surface area contributed by atoms with E-state index in [0.717, 1.165) is 27.8 Å². The lowest BCUT2D eigenvalue weighted by atomic mass is 9.63. The first-order valence-electron chi connectivity index (χ1n) is 12.7. The number of ether oxygens (including phenoxy) is 1. The SMILES string of the molecule is c1ccc(C2N=c3ccccc3=C(c3ccc4c(c3)C3(CCCCC3)c3ccccc3O4)N2)cc1. The van der Waals surface area contributed by atoms with E-state index in [1.54, 1.807) is 0 Å². The minimum atomic E-state index is -0.113. The van der Waals surface area contributed by atoms with Crippen molar-refractivity contribution < 1.29 is 4.74 Å². The highest BCUT2D eigenvalue weighted by Crippen LogP contribution is 2.55. The van der Waals surface area contributed by atoms with Crippen LogP contribution >= 0.6 is 0 Å². The van der Waals surface area contributed by atoms with Gasteiger partial charge >= 0.3 is 0 Å². The van der Waals surface area contributed by atoms with Crippen molar-refractivity contribution in [2.45, 2.75) is 43.7 Å². The summed E-state index contributed by atoms with van der Waals surface area (Å²) in [5.41, 5.74) is 6.20. The Morgan fingerprint density at radius 2 is 1.46 bits per heavy atom.